The van der Waals surface area contributed by atoms with Crippen LogP contribution in [0.1, 0.15) is 53.6 Å². The number of hydrogen-bond acceptors (Lipinski definition) is 7. The lowest BCUT2D eigenvalue weighted by molar-refractivity contribution is -0.132. The van der Waals surface area contributed by atoms with E-state index in [0.29, 0.717) is 54.9 Å². The maximum atomic E-state index is 14.1. The number of para-hydroxylation sites is 1. The van der Waals surface area contributed by atoms with E-state index in [1.165, 1.54) is 16.4 Å². The number of nitrogens with two attached hydrogens (primary N) is 1. The Bertz CT molecular complexity index is 2120. The van der Waals surface area contributed by atoms with Gasteiger partial charge in [0.25, 0.3) is 0 Å². The molecule has 52 heavy (non-hydrogen) atoms. The minimum Gasteiger partial charge on any atom is -0.487 e. The fraction of sp³-hybridized carbons (Fsp3) is 0.368. The zero-order chi connectivity index (χ0) is 37.2. The molecule has 0 aliphatic carbocycles. The van der Waals surface area contributed by atoms with Crippen molar-refractivity contribution in [3.63, 3.8) is 0 Å². The van der Waals surface area contributed by atoms with Crippen molar-refractivity contribution in [3.8, 4) is 5.75 Å². The number of likely N-dealkylation sites (tertiary alicyclic amines) is 1. The molecule has 2 saturated heterocycles. The summed E-state index contributed by atoms with van der Waals surface area (Å²) in [5.41, 5.74) is 9.90. The Morgan fingerprint density at radius 1 is 1.02 bits per heavy atom. The van der Waals surface area contributed by atoms with Crippen LogP contribution in [0.5, 0.6) is 5.75 Å². The van der Waals surface area contributed by atoms with E-state index in [1.54, 1.807) is 18.2 Å². The number of amides is 2. The molecule has 2 amide bonds. The first-order valence-electron chi connectivity index (χ1n) is 17.3. The zero-order valence-electron chi connectivity index (χ0n) is 29.1. The van der Waals surface area contributed by atoms with E-state index in [0.717, 1.165) is 35.0 Å². The summed E-state index contributed by atoms with van der Waals surface area (Å²) in [7, 11) is -4.17. The first kappa shape index (κ1) is 37.5. The van der Waals surface area contributed by atoms with Crippen LogP contribution in [0, 0.1) is 25.2 Å². The van der Waals surface area contributed by atoms with Crippen molar-refractivity contribution in [2.75, 3.05) is 26.2 Å². The zero-order valence-corrected chi connectivity index (χ0v) is 31.5. The van der Waals surface area contributed by atoms with Gasteiger partial charge in [-0.05, 0) is 80.8 Å². The van der Waals surface area contributed by atoms with Gasteiger partial charge in [-0.3, -0.25) is 15.0 Å². The number of sulfonamides is 1. The normalized spacial score (nSPS) is 17.0. The summed E-state index contributed by atoms with van der Waals surface area (Å²) in [6.07, 6.45) is 2.63. The number of halogens is 2. The summed E-state index contributed by atoms with van der Waals surface area (Å²) in [6.45, 7) is 5.55. The van der Waals surface area contributed by atoms with E-state index >= 15 is 0 Å². The number of carbonyl (C=O) groups excluding carboxylic acids is 2. The number of carbonyl (C=O) groups is 2. The highest BCUT2D eigenvalue weighted by molar-refractivity contribution is 7.89. The molecule has 1 aromatic heterocycles. The fourth-order valence-electron chi connectivity index (χ4n) is 6.98. The van der Waals surface area contributed by atoms with Gasteiger partial charge in [0.15, 0.2) is 0 Å². The van der Waals surface area contributed by atoms with Gasteiger partial charge in [-0.15, -0.1) is 0 Å². The predicted octanol–water partition coefficient (Wildman–Crippen LogP) is 5.77. The molecular formula is C38H42Cl2N6O5S. The van der Waals surface area contributed by atoms with Gasteiger partial charge in [0, 0.05) is 53.4 Å². The number of rotatable bonds is 11. The van der Waals surface area contributed by atoms with Crippen LogP contribution in [0.3, 0.4) is 0 Å². The number of nitrogens with one attached hydrogen (secondary N) is 2. The van der Waals surface area contributed by atoms with Crippen molar-refractivity contribution in [2.24, 2.45) is 11.7 Å². The number of fused-ring (bicyclic) bond motifs is 1. The van der Waals surface area contributed by atoms with Crippen molar-refractivity contribution in [3.05, 3.63) is 98.7 Å². The maximum Gasteiger partial charge on any atom is 0.245 e. The summed E-state index contributed by atoms with van der Waals surface area (Å²) in [6, 6.07) is 16.7. The average Bonchev–Trinajstić information content (AvgIpc) is 3.63. The highest BCUT2D eigenvalue weighted by atomic mass is 35.5. The van der Waals surface area contributed by atoms with Gasteiger partial charge in [-0.1, -0.05) is 59.6 Å². The van der Waals surface area contributed by atoms with Crippen molar-refractivity contribution in [2.45, 2.75) is 63.5 Å². The average molecular weight is 766 g/mol. The summed E-state index contributed by atoms with van der Waals surface area (Å²) in [5, 5.41) is 11.7. The summed E-state index contributed by atoms with van der Waals surface area (Å²) < 4.78 is 35.5. The van der Waals surface area contributed by atoms with Crippen molar-refractivity contribution in [1.82, 2.24) is 19.5 Å². The SMILES string of the molecule is Cc1cc(C)c2cccc(OCc3c(Cl)ccc(S(=O)(=O)N4CCC[C@H]4C(=O)NCC4CCN(C(=O)Cc5ccc(C(=N)N)cc5)CC4)c3Cl)c2n1. The van der Waals surface area contributed by atoms with Crippen molar-refractivity contribution >= 4 is 61.8 Å². The summed E-state index contributed by atoms with van der Waals surface area (Å²) >= 11 is 13.3. The number of aromatic nitrogens is 1. The Morgan fingerprint density at radius 2 is 1.75 bits per heavy atom. The molecule has 1 atom stereocenters. The molecule has 11 nitrogen and oxygen atoms in total. The van der Waals surface area contributed by atoms with Gasteiger partial charge in [0.05, 0.1) is 11.4 Å². The Hall–Kier alpha value is -4.23. The van der Waals surface area contributed by atoms with Crippen molar-refractivity contribution < 1.29 is 22.7 Å². The second-order valence-corrected chi connectivity index (χ2v) is 16.1. The van der Waals surface area contributed by atoms with E-state index < -0.39 is 16.1 Å². The second kappa shape index (κ2) is 15.8. The van der Waals surface area contributed by atoms with Crippen LogP contribution in [0.2, 0.25) is 10.0 Å². The first-order valence-corrected chi connectivity index (χ1v) is 19.5. The molecule has 6 rings (SSSR count). The van der Waals surface area contributed by atoms with Crippen LogP contribution in [0.15, 0.2) is 65.6 Å². The van der Waals surface area contributed by atoms with Gasteiger partial charge >= 0.3 is 0 Å². The largest absolute Gasteiger partial charge is 0.487 e. The van der Waals surface area contributed by atoms with E-state index in [-0.39, 0.29) is 58.1 Å². The van der Waals surface area contributed by atoms with Crippen LogP contribution in [-0.4, -0.2) is 72.5 Å². The van der Waals surface area contributed by atoms with Crippen LogP contribution >= 0.6 is 23.2 Å². The third kappa shape index (κ3) is 8.05. The van der Waals surface area contributed by atoms with Crippen LogP contribution < -0.4 is 15.8 Å². The first-order chi connectivity index (χ1) is 24.8. The number of amidine groups is 1. The standard InChI is InChI=1S/C38H42Cl2N6O5S/c1-23-19-24(2)44-36-28(23)5-3-7-32(36)51-22-29-30(39)12-13-33(35(29)40)52(49,50)46-16-4-6-31(46)38(48)43-21-26-14-17-45(18-15-26)34(47)20-25-8-10-27(11-9-25)37(41)42/h3,5,7-13,19,26,31H,4,6,14-18,20-22H2,1-2H3,(H3,41,42)(H,43,48)/t31-/m0/s1. The number of benzene rings is 3. The number of pyridine rings is 1. The number of aryl methyl sites for hydroxylation is 2. The molecule has 274 valence electrons. The van der Waals surface area contributed by atoms with Gasteiger partial charge in [-0.2, -0.15) is 4.31 Å². The Labute approximate surface area is 314 Å². The van der Waals surface area contributed by atoms with Crippen LogP contribution in [0.4, 0.5) is 0 Å². The molecular weight excluding hydrogens is 723 g/mol. The molecule has 2 aliphatic heterocycles. The quantitative estimate of drug-likeness (QED) is 0.129. The second-order valence-electron chi connectivity index (χ2n) is 13.5. The Balaban J connectivity index is 1.06. The van der Waals surface area contributed by atoms with Crippen molar-refractivity contribution in [1.29, 1.82) is 5.41 Å². The van der Waals surface area contributed by atoms with Gasteiger partial charge < -0.3 is 20.7 Å². The molecule has 0 spiro atoms. The maximum absolute atomic E-state index is 14.1. The fourth-order valence-corrected chi connectivity index (χ4v) is 9.50. The van der Waals surface area contributed by atoms with E-state index in [2.05, 4.69) is 10.3 Å². The molecule has 0 radical (unpaired) electrons. The molecule has 2 fully saturated rings. The lowest BCUT2D eigenvalue weighted by Crippen LogP contribution is -2.48. The Morgan fingerprint density at radius 3 is 2.46 bits per heavy atom. The molecule has 0 bridgehead atoms. The molecule has 2 aliphatic rings. The molecule has 3 heterocycles. The number of nitrogen functional groups attached to an aromatic ring is 1. The third-order valence-electron chi connectivity index (χ3n) is 9.91. The lowest BCUT2D eigenvalue weighted by atomic mass is 9.96. The minimum absolute atomic E-state index is 0.0167. The Kier molecular flexibility index (Phi) is 11.4. The molecule has 4 aromatic rings. The highest BCUT2D eigenvalue weighted by Crippen LogP contribution is 2.37. The smallest absolute Gasteiger partial charge is 0.245 e. The van der Waals surface area contributed by atoms with Crippen LogP contribution in [0.25, 0.3) is 10.9 Å². The minimum atomic E-state index is -4.17. The number of hydrogen-bond donors (Lipinski definition) is 3. The van der Waals surface area contributed by atoms with E-state index in [1.807, 2.05) is 49.1 Å². The van der Waals surface area contributed by atoms with Gasteiger partial charge in [0.2, 0.25) is 21.8 Å². The number of ether oxygens (including phenoxy) is 1. The van der Waals surface area contributed by atoms with E-state index in [4.69, 9.17) is 39.1 Å². The number of nitrogens with zero attached hydrogens (tertiary/aromatic N) is 3. The highest BCUT2D eigenvalue weighted by Gasteiger charge is 2.41. The molecule has 14 heteroatoms. The summed E-state index contributed by atoms with van der Waals surface area (Å²) in [5.74, 6) is 0.340. The predicted molar refractivity (Wildman–Crippen MR) is 202 cm³/mol. The van der Waals surface area contributed by atoms with Crippen LogP contribution in [-0.2, 0) is 32.6 Å². The molecule has 0 unspecified atom stereocenters. The van der Waals surface area contributed by atoms with Gasteiger partial charge in [0.1, 0.15) is 34.6 Å². The lowest BCUT2D eigenvalue weighted by Gasteiger charge is -2.32. The van der Waals surface area contributed by atoms with Gasteiger partial charge in [-0.25, -0.2) is 13.4 Å². The monoisotopic (exact) mass is 764 g/mol. The molecule has 4 N–H and O–H groups in total. The van der Waals surface area contributed by atoms with E-state index in [9.17, 15) is 18.0 Å². The number of piperidine rings is 1. The molecule has 3 aromatic carbocycles. The topological polar surface area (TPSA) is 159 Å². The third-order valence-corrected chi connectivity index (χ3v) is 12.8. The summed E-state index contributed by atoms with van der Waals surface area (Å²) in [4.78, 5) is 32.7. The molecule has 0 saturated carbocycles.